The van der Waals surface area contributed by atoms with Crippen molar-refractivity contribution >= 4 is 44.2 Å². The minimum absolute atomic E-state index is 0.159. The number of nitrogens with one attached hydrogen (secondary N) is 2. The third-order valence-corrected chi connectivity index (χ3v) is 6.01. The summed E-state index contributed by atoms with van der Waals surface area (Å²) in [7, 11) is -3.70. The second kappa shape index (κ2) is 7.68. The van der Waals surface area contributed by atoms with E-state index >= 15 is 0 Å². The molecule has 0 radical (unpaired) electrons. The summed E-state index contributed by atoms with van der Waals surface area (Å²) in [6.45, 7) is 1.59. The monoisotopic (exact) mass is 358 g/mol. The van der Waals surface area contributed by atoms with E-state index in [1.54, 1.807) is 11.8 Å². The number of carbonyl (C=O) groups is 1. The summed E-state index contributed by atoms with van der Waals surface area (Å²) in [6, 6.07) is 9.71. The van der Waals surface area contributed by atoms with Crippen LogP contribution in [0.2, 0.25) is 0 Å². The summed E-state index contributed by atoms with van der Waals surface area (Å²) in [5.41, 5.74) is 0. The number of hydrogen-bond acceptors (Lipinski definition) is 7. The number of hydrogen-bond donors (Lipinski definition) is 2. The zero-order valence-corrected chi connectivity index (χ0v) is 14.1. The van der Waals surface area contributed by atoms with Crippen molar-refractivity contribution in [3.63, 3.8) is 0 Å². The van der Waals surface area contributed by atoms with Crippen molar-refractivity contribution < 1.29 is 13.2 Å². The highest BCUT2D eigenvalue weighted by Crippen LogP contribution is 2.20. The van der Waals surface area contributed by atoms with Crippen molar-refractivity contribution in [2.24, 2.45) is 0 Å². The third-order valence-electron chi connectivity index (χ3n) is 2.33. The molecule has 0 unspecified atom stereocenters. The molecule has 1 amide bonds. The largest absolute Gasteiger partial charge is 0.301 e. The Hall–Kier alpha value is -1.49. The van der Waals surface area contributed by atoms with E-state index in [2.05, 4.69) is 20.2 Å². The molecule has 2 aromatic rings. The Kier molecular flexibility index (Phi) is 5.89. The number of aromatic nitrogens is 2. The van der Waals surface area contributed by atoms with Gasteiger partial charge in [0.15, 0.2) is 0 Å². The van der Waals surface area contributed by atoms with E-state index in [-0.39, 0.29) is 21.9 Å². The Morgan fingerprint density at radius 1 is 1.27 bits per heavy atom. The van der Waals surface area contributed by atoms with Crippen LogP contribution in [-0.4, -0.2) is 36.8 Å². The number of amides is 1. The summed E-state index contributed by atoms with van der Waals surface area (Å²) < 4.78 is 26.3. The maximum absolute atomic E-state index is 12.0. The average Bonchev–Trinajstić information content (AvgIpc) is 2.93. The molecule has 0 fully saturated rings. The van der Waals surface area contributed by atoms with Crippen molar-refractivity contribution in [2.45, 2.75) is 16.2 Å². The van der Waals surface area contributed by atoms with E-state index in [1.807, 2.05) is 30.3 Å². The molecule has 0 saturated carbocycles. The van der Waals surface area contributed by atoms with Gasteiger partial charge in [-0.1, -0.05) is 29.5 Å². The zero-order valence-electron chi connectivity index (χ0n) is 11.6. The molecule has 0 bridgehead atoms. The zero-order chi connectivity index (χ0) is 16.0. The maximum atomic E-state index is 12.0. The van der Waals surface area contributed by atoms with E-state index in [0.717, 1.165) is 16.2 Å². The molecule has 0 aliphatic rings. The van der Waals surface area contributed by atoms with Crippen LogP contribution in [0.1, 0.15) is 6.92 Å². The summed E-state index contributed by atoms with van der Waals surface area (Å²) in [6.07, 6.45) is 0. The standard InChI is InChI=1S/C12H14N4O3S3/c1-9(17)14-11-15-16-12(21-11)22(18,19)13-7-8-20-10-5-3-2-4-6-10/h2-6,13H,7-8H2,1H3,(H,14,15,17). The van der Waals surface area contributed by atoms with Gasteiger partial charge >= 0.3 is 0 Å². The van der Waals surface area contributed by atoms with Crippen molar-refractivity contribution in [1.29, 1.82) is 0 Å². The number of anilines is 1. The molecule has 118 valence electrons. The van der Waals surface area contributed by atoms with Crippen LogP contribution in [0.5, 0.6) is 0 Å². The van der Waals surface area contributed by atoms with E-state index in [4.69, 9.17) is 0 Å². The molecule has 10 heteroatoms. The van der Waals surface area contributed by atoms with Crippen LogP contribution in [0, 0.1) is 0 Å². The number of benzene rings is 1. The maximum Gasteiger partial charge on any atom is 0.269 e. The van der Waals surface area contributed by atoms with Gasteiger partial charge in [0.05, 0.1) is 0 Å². The van der Waals surface area contributed by atoms with Crippen LogP contribution in [0.4, 0.5) is 5.13 Å². The molecule has 0 atom stereocenters. The number of thioether (sulfide) groups is 1. The van der Waals surface area contributed by atoms with Gasteiger partial charge in [-0.25, -0.2) is 13.1 Å². The lowest BCUT2D eigenvalue weighted by Gasteiger charge is -2.03. The average molecular weight is 358 g/mol. The highest BCUT2D eigenvalue weighted by molar-refractivity contribution is 7.99. The number of rotatable bonds is 7. The van der Waals surface area contributed by atoms with Gasteiger partial charge in [0.25, 0.3) is 10.0 Å². The highest BCUT2D eigenvalue weighted by Gasteiger charge is 2.19. The van der Waals surface area contributed by atoms with Gasteiger partial charge in [-0.3, -0.25) is 4.79 Å². The van der Waals surface area contributed by atoms with Crippen molar-refractivity contribution in [3.8, 4) is 0 Å². The predicted molar refractivity (Wildman–Crippen MR) is 86.6 cm³/mol. The Morgan fingerprint density at radius 3 is 2.68 bits per heavy atom. The fourth-order valence-electron chi connectivity index (χ4n) is 1.44. The van der Waals surface area contributed by atoms with E-state index in [1.165, 1.54) is 6.92 Å². The van der Waals surface area contributed by atoms with Gasteiger partial charge in [-0.15, -0.1) is 22.0 Å². The molecule has 0 spiro atoms. The number of nitrogens with zero attached hydrogens (tertiary/aromatic N) is 2. The quantitative estimate of drug-likeness (QED) is 0.443. The van der Waals surface area contributed by atoms with Crippen molar-refractivity contribution in [1.82, 2.24) is 14.9 Å². The Morgan fingerprint density at radius 2 is 2.00 bits per heavy atom. The molecule has 22 heavy (non-hydrogen) atoms. The highest BCUT2D eigenvalue weighted by atomic mass is 32.2. The van der Waals surface area contributed by atoms with Gasteiger partial charge < -0.3 is 5.32 Å². The van der Waals surface area contributed by atoms with Gasteiger partial charge in [0.1, 0.15) is 0 Å². The molecule has 0 aliphatic carbocycles. The Balaban J connectivity index is 1.85. The normalized spacial score (nSPS) is 11.3. The van der Waals surface area contributed by atoms with Crippen LogP contribution in [0.25, 0.3) is 0 Å². The smallest absolute Gasteiger partial charge is 0.269 e. The second-order valence-corrected chi connectivity index (χ2v) is 8.20. The van der Waals surface area contributed by atoms with Crippen LogP contribution in [0.15, 0.2) is 39.6 Å². The Labute approximate surface area is 136 Å². The summed E-state index contributed by atoms with van der Waals surface area (Å²) in [5, 5.41) is 9.74. The molecule has 1 aromatic carbocycles. The summed E-state index contributed by atoms with van der Waals surface area (Å²) >= 11 is 2.36. The molecular weight excluding hydrogens is 344 g/mol. The van der Waals surface area contributed by atoms with Gasteiger partial charge in [-0.2, -0.15) is 0 Å². The molecular formula is C12H14N4O3S3. The lowest BCUT2D eigenvalue weighted by Crippen LogP contribution is -2.25. The predicted octanol–water partition coefficient (Wildman–Crippen LogP) is 1.57. The Bertz CT molecular complexity index is 731. The molecule has 2 N–H and O–H groups in total. The number of carbonyl (C=O) groups excluding carboxylic acids is 1. The topological polar surface area (TPSA) is 101 Å². The molecule has 0 aliphatic heterocycles. The fourth-order valence-corrected chi connectivity index (χ4v) is 4.38. The van der Waals surface area contributed by atoms with Gasteiger partial charge in [0, 0.05) is 24.1 Å². The lowest BCUT2D eigenvalue weighted by atomic mass is 10.4. The SMILES string of the molecule is CC(=O)Nc1nnc(S(=O)(=O)NCCSc2ccccc2)s1. The van der Waals surface area contributed by atoms with Crippen molar-refractivity contribution in [3.05, 3.63) is 30.3 Å². The van der Waals surface area contributed by atoms with E-state index in [9.17, 15) is 13.2 Å². The van der Waals surface area contributed by atoms with Crippen molar-refractivity contribution in [2.75, 3.05) is 17.6 Å². The van der Waals surface area contributed by atoms with Crippen LogP contribution in [0.3, 0.4) is 0 Å². The molecule has 1 aromatic heterocycles. The van der Waals surface area contributed by atoms with Gasteiger partial charge in [0.2, 0.25) is 15.4 Å². The first-order valence-corrected chi connectivity index (χ1v) is 9.54. The minimum Gasteiger partial charge on any atom is -0.301 e. The van der Waals surface area contributed by atoms with Crippen LogP contribution < -0.4 is 10.0 Å². The third kappa shape index (κ3) is 5.05. The summed E-state index contributed by atoms with van der Waals surface area (Å²) in [4.78, 5) is 12.0. The van der Waals surface area contributed by atoms with Crippen LogP contribution >= 0.6 is 23.1 Å². The molecule has 7 nitrogen and oxygen atoms in total. The minimum atomic E-state index is -3.70. The summed E-state index contributed by atoms with van der Waals surface area (Å²) in [5.74, 6) is 0.271. The molecule has 0 saturated heterocycles. The van der Waals surface area contributed by atoms with E-state index < -0.39 is 10.0 Å². The van der Waals surface area contributed by atoms with Gasteiger partial charge in [-0.05, 0) is 12.1 Å². The van der Waals surface area contributed by atoms with E-state index in [0.29, 0.717) is 5.75 Å². The first-order valence-electron chi connectivity index (χ1n) is 6.26. The first-order chi connectivity index (χ1) is 10.5. The fraction of sp³-hybridized carbons (Fsp3) is 0.250. The van der Waals surface area contributed by atoms with Crippen LogP contribution in [-0.2, 0) is 14.8 Å². The number of sulfonamides is 1. The molecule has 2 rings (SSSR count). The lowest BCUT2D eigenvalue weighted by molar-refractivity contribution is -0.114. The molecule has 1 heterocycles. The second-order valence-electron chi connectivity index (χ2n) is 4.11. The first kappa shape index (κ1) is 16.9.